The molecule has 0 aromatic rings. The van der Waals surface area contributed by atoms with Gasteiger partial charge in [0.15, 0.2) is 0 Å². The summed E-state index contributed by atoms with van der Waals surface area (Å²) in [5.74, 6) is 0.808. The Morgan fingerprint density at radius 3 is 2.63 bits per heavy atom. The first-order valence-corrected chi connectivity index (χ1v) is 9.53. The lowest BCUT2D eigenvalue weighted by Gasteiger charge is -2.38. The highest BCUT2D eigenvalue weighted by molar-refractivity contribution is 7.99. The van der Waals surface area contributed by atoms with Gasteiger partial charge in [0.25, 0.3) is 0 Å². The van der Waals surface area contributed by atoms with Gasteiger partial charge >= 0.3 is 0 Å². The van der Waals surface area contributed by atoms with Crippen molar-refractivity contribution in [2.24, 2.45) is 5.92 Å². The molecule has 1 aliphatic carbocycles. The largest absolute Gasteiger partial charge is 0.312 e. The Morgan fingerprint density at radius 1 is 1.26 bits per heavy atom. The minimum Gasteiger partial charge on any atom is -0.312 e. The molecule has 1 aliphatic heterocycles. The van der Waals surface area contributed by atoms with E-state index in [1.807, 2.05) is 0 Å². The summed E-state index contributed by atoms with van der Waals surface area (Å²) >= 11 is 2.08. The number of nitrogens with zero attached hydrogens (tertiary/aromatic N) is 1. The summed E-state index contributed by atoms with van der Waals surface area (Å²) in [6.45, 7) is 8.54. The Kier molecular flexibility index (Phi) is 6.51. The minimum atomic E-state index is 0.714. The topological polar surface area (TPSA) is 15.3 Å². The van der Waals surface area contributed by atoms with Crippen LogP contribution in [0.3, 0.4) is 0 Å². The second-order valence-electron chi connectivity index (χ2n) is 6.46. The highest BCUT2D eigenvalue weighted by atomic mass is 32.2. The van der Waals surface area contributed by atoms with Crippen LogP contribution in [0.25, 0.3) is 0 Å². The van der Waals surface area contributed by atoms with Gasteiger partial charge in [-0.15, -0.1) is 0 Å². The molecule has 2 nitrogen and oxygen atoms in total. The molecule has 1 saturated carbocycles. The van der Waals surface area contributed by atoms with E-state index >= 15 is 0 Å². The predicted octanol–water partition coefficient (Wildman–Crippen LogP) is 3.37. The van der Waals surface area contributed by atoms with E-state index in [1.54, 1.807) is 0 Å². The smallest absolute Gasteiger partial charge is 0.0220 e. The van der Waals surface area contributed by atoms with Crippen molar-refractivity contribution in [1.82, 2.24) is 10.2 Å². The summed E-state index contributed by atoms with van der Waals surface area (Å²) in [6, 6.07) is 1.58. The Bertz CT molecular complexity index is 251. The van der Waals surface area contributed by atoms with Crippen LogP contribution in [0.2, 0.25) is 0 Å². The zero-order valence-corrected chi connectivity index (χ0v) is 13.8. The predicted molar refractivity (Wildman–Crippen MR) is 87.0 cm³/mol. The third-order valence-corrected chi connectivity index (χ3v) is 6.42. The minimum absolute atomic E-state index is 0.714. The van der Waals surface area contributed by atoms with Crippen LogP contribution in [0, 0.1) is 5.92 Å². The van der Waals surface area contributed by atoms with E-state index in [0.717, 1.165) is 17.2 Å². The zero-order valence-electron chi connectivity index (χ0n) is 13.0. The van der Waals surface area contributed by atoms with Gasteiger partial charge in [0.2, 0.25) is 0 Å². The molecule has 0 bridgehead atoms. The van der Waals surface area contributed by atoms with E-state index < -0.39 is 0 Å². The van der Waals surface area contributed by atoms with Crippen molar-refractivity contribution in [3.8, 4) is 0 Å². The fraction of sp³-hybridized carbons (Fsp3) is 1.00. The Hall–Kier alpha value is 0.270. The Balaban J connectivity index is 1.88. The first-order chi connectivity index (χ1) is 9.24. The molecule has 2 unspecified atom stereocenters. The number of nitrogens with one attached hydrogen (secondary N) is 1. The van der Waals surface area contributed by atoms with E-state index in [1.165, 1.54) is 58.2 Å². The molecule has 3 heteroatoms. The molecule has 1 N–H and O–H groups in total. The van der Waals surface area contributed by atoms with Gasteiger partial charge in [-0.1, -0.05) is 20.3 Å². The van der Waals surface area contributed by atoms with Gasteiger partial charge in [-0.25, -0.2) is 0 Å². The van der Waals surface area contributed by atoms with Crippen LogP contribution in [0.1, 0.15) is 52.4 Å². The van der Waals surface area contributed by atoms with Crippen LogP contribution in [0.4, 0.5) is 0 Å². The normalized spacial score (nSPS) is 35.8. The standard InChI is InChI=1S/C16H32N2S/c1-4-13(2)16-12-18(11-5-10-17-16)14-6-8-15(19-3)9-7-14/h13-17H,4-12H2,1-3H3. The fourth-order valence-corrected chi connectivity index (χ4v) is 4.37. The van der Waals surface area contributed by atoms with E-state index in [2.05, 4.69) is 42.1 Å². The summed E-state index contributed by atoms with van der Waals surface area (Å²) in [5.41, 5.74) is 0. The fourth-order valence-electron chi connectivity index (χ4n) is 3.62. The van der Waals surface area contributed by atoms with E-state index in [-0.39, 0.29) is 0 Å². The molecule has 1 saturated heterocycles. The van der Waals surface area contributed by atoms with Crippen molar-refractivity contribution in [1.29, 1.82) is 0 Å². The Labute approximate surface area is 124 Å². The SMILES string of the molecule is CCC(C)C1CN(C2CCC(SC)CC2)CCCN1. The van der Waals surface area contributed by atoms with Crippen LogP contribution in [-0.2, 0) is 0 Å². The number of thioether (sulfide) groups is 1. The average Bonchev–Trinajstić information content (AvgIpc) is 2.72. The van der Waals surface area contributed by atoms with Crippen LogP contribution < -0.4 is 5.32 Å². The van der Waals surface area contributed by atoms with E-state index in [9.17, 15) is 0 Å². The molecule has 19 heavy (non-hydrogen) atoms. The van der Waals surface area contributed by atoms with Crippen LogP contribution in [0.5, 0.6) is 0 Å². The van der Waals surface area contributed by atoms with Crippen molar-refractivity contribution >= 4 is 11.8 Å². The second kappa shape index (κ2) is 7.90. The highest BCUT2D eigenvalue weighted by Gasteiger charge is 2.29. The molecule has 2 fully saturated rings. The van der Waals surface area contributed by atoms with Gasteiger partial charge in [0.05, 0.1) is 0 Å². The summed E-state index contributed by atoms with van der Waals surface area (Å²) in [7, 11) is 0. The van der Waals surface area contributed by atoms with Gasteiger partial charge in [0, 0.05) is 23.9 Å². The van der Waals surface area contributed by atoms with Crippen LogP contribution >= 0.6 is 11.8 Å². The zero-order chi connectivity index (χ0) is 13.7. The molecule has 2 rings (SSSR count). The van der Waals surface area contributed by atoms with Crippen molar-refractivity contribution in [3.63, 3.8) is 0 Å². The van der Waals surface area contributed by atoms with E-state index in [0.29, 0.717) is 6.04 Å². The maximum absolute atomic E-state index is 3.78. The van der Waals surface area contributed by atoms with Gasteiger partial charge in [-0.05, 0) is 57.4 Å². The molecular weight excluding hydrogens is 252 g/mol. The summed E-state index contributed by atoms with van der Waals surface area (Å²) < 4.78 is 0. The third-order valence-electron chi connectivity index (χ3n) is 5.28. The molecule has 0 amide bonds. The number of rotatable bonds is 4. The molecule has 0 spiro atoms. The lowest BCUT2D eigenvalue weighted by Crippen LogP contribution is -2.46. The maximum Gasteiger partial charge on any atom is 0.0220 e. The summed E-state index contributed by atoms with van der Waals surface area (Å²) in [6.07, 6.45) is 10.6. The van der Waals surface area contributed by atoms with Gasteiger partial charge < -0.3 is 5.32 Å². The van der Waals surface area contributed by atoms with Crippen molar-refractivity contribution in [2.45, 2.75) is 69.7 Å². The number of hydrogen-bond donors (Lipinski definition) is 1. The lowest BCUT2D eigenvalue weighted by molar-refractivity contribution is 0.144. The van der Waals surface area contributed by atoms with Gasteiger partial charge in [0.1, 0.15) is 0 Å². The highest BCUT2D eigenvalue weighted by Crippen LogP contribution is 2.30. The monoisotopic (exact) mass is 284 g/mol. The van der Waals surface area contributed by atoms with Crippen LogP contribution in [-0.4, -0.2) is 48.1 Å². The third kappa shape index (κ3) is 4.37. The quantitative estimate of drug-likeness (QED) is 0.852. The molecule has 112 valence electrons. The summed E-state index contributed by atoms with van der Waals surface area (Å²) in [5, 5.41) is 4.71. The molecule has 0 aromatic heterocycles. The molecule has 0 radical (unpaired) electrons. The molecule has 2 aliphatic rings. The Morgan fingerprint density at radius 2 is 2.00 bits per heavy atom. The van der Waals surface area contributed by atoms with Crippen molar-refractivity contribution < 1.29 is 0 Å². The first kappa shape index (κ1) is 15.7. The molecular formula is C16H32N2S. The van der Waals surface area contributed by atoms with Gasteiger partial charge in [-0.3, -0.25) is 4.90 Å². The molecule has 2 atom stereocenters. The van der Waals surface area contributed by atoms with Crippen molar-refractivity contribution in [3.05, 3.63) is 0 Å². The summed E-state index contributed by atoms with van der Waals surface area (Å²) in [4.78, 5) is 2.81. The van der Waals surface area contributed by atoms with E-state index in [4.69, 9.17) is 0 Å². The number of hydrogen-bond acceptors (Lipinski definition) is 3. The molecule has 1 heterocycles. The van der Waals surface area contributed by atoms with Crippen LogP contribution in [0.15, 0.2) is 0 Å². The van der Waals surface area contributed by atoms with Gasteiger partial charge in [-0.2, -0.15) is 11.8 Å². The lowest BCUT2D eigenvalue weighted by atomic mass is 9.92. The van der Waals surface area contributed by atoms with Crippen molar-refractivity contribution in [2.75, 3.05) is 25.9 Å². The first-order valence-electron chi connectivity index (χ1n) is 8.24. The average molecular weight is 285 g/mol. The molecule has 0 aromatic carbocycles. The second-order valence-corrected chi connectivity index (χ2v) is 7.60. The maximum atomic E-state index is 3.78.